The van der Waals surface area contributed by atoms with Crippen LogP contribution in [0, 0.1) is 0 Å². The van der Waals surface area contributed by atoms with Crippen LogP contribution in [0.4, 0.5) is 4.79 Å². The predicted molar refractivity (Wildman–Crippen MR) is 84.1 cm³/mol. The molecule has 2 amide bonds. The summed E-state index contributed by atoms with van der Waals surface area (Å²) in [5, 5.41) is 7.15. The molecule has 23 heavy (non-hydrogen) atoms. The van der Waals surface area contributed by atoms with Gasteiger partial charge in [0, 0.05) is 25.2 Å². The van der Waals surface area contributed by atoms with Gasteiger partial charge in [-0.1, -0.05) is 0 Å². The summed E-state index contributed by atoms with van der Waals surface area (Å²) in [6.07, 6.45) is 2.42. The van der Waals surface area contributed by atoms with E-state index in [0.29, 0.717) is 25.2 Å². The molecular formula is C16H24N4O3. The number of aromatic amines is 1. The summed E-state index contributed by atoms with van der Waals surface area (Å²) in [4.78, 5) is 28.2. The molecule has 0 unspecified atom stereocenters. The Labute approximate surface area is 136 Å². The third-order valence-electron chi connectivity index (χ3n) is 4.18. The van der Waals surface area contributed by atoms with Gasteiger partial charge in [-0.3, -0.25) is 9.89 Å². The fourth-order valence-corrected chi connectivity index (χ4v) is 3.05. The van der Waals surface area contributed by atoms with E-state index in [0.717, 1.165) is 37.2 Å². The quantitative estimate of drug-likeness (QED) is 0.857. The third kappa shape index (κ3) is 3.33. The van der Waals surface area contributed by atoms with Crippen molar-refractivity contribution in [1.29, 1.82) is 0 Å². The van der Waals surface area contributed by atoms with Gasteiger partial charge < -0.3 is 14.5 Å². The van der Waals surface area contributed by atoms with Crippen LogP contribution in [0.3, 0.4) is 0 Å². The number of carbonyl (C=O) groups excluding carboxylic acids is 2. The zero-order valence-electron chi connectivity index (χ0n) is 14.0. The van der Waals surface area contributed by atoms with E-state index in [1.165, 1.54) is 0 Å². The SMILES string of the molecule is CC(C)(C)OC(=O)N1CCc2c(C(=O)N3CCCC3)n[nH]c2C1. The summed E-state index contributed by atoms with van der Waals surface area (Å²) in [6, 6.07) is 0. The van der Waals surface area contributed by atoms with E-state index in [4.69, 9.17) is 4.74 Å². The second kappa shape index (κ2) is 5.86. The van der Waals surface area contributed by atoms with Crippen molar-refractivity contribution in [3.63, 3.8) is 0 Å². The maximum atomic E-state index is 12.5. The number of carbonyl (C=O) groups is 2. The Hall–Kier alpha value is -2.05. The van der Waals surface area contributed by atoms with Crippen LogP contribution in [0.25, 0.3) is 0 Å². The van der Waals surface area contributed by atoms with Crippen LogP contribution in [0.2, 0.25) is 0 Å². The number of ether oxygens (including phenoxy) is 1. The molecule has 0 bridgehead atoms. The first-order chi connectivity index (χ1) is 10.8. The van der Waals surface area contributed by atoms with Gasteiger partial charge in [-0.25, -0.2) is 4.79 Å². The van der Waals surface area contributed by atoms with Crippen molar-refractivity contribution in [3.05, 3.63) is 17.0 Å². The monoisotopic (exact) mass is 320 g/mol. The van der Waals surface area contributed by atoms with Crippen LogP contribution in [0.1, 0.15) is 55.4 Å². The van der Waals surface area contributed by atoms with Crippen molar-refractivity contribution < 1.29 is 14.3 Å². The van der Waals surface area contributed by atoms with Crippen molar-refractivity contribution in [2.24, 2.45) is 0 Å². The average molecular weight is 320 g/mol. The highest BCUT2D eigenvalue weighted by atomic mass is 16.6. The number of H-pyrrole nitrogens is 1. The lowest BCUT2D eigenvalue weighted by Crippen LogP contribution is -2.40. The van der Waals surface area contributed by atoms with E-state index in [1.807, 2.05) is 25.7 Å². The van der Waals surface area contributed by atoms with Gasteiger partial charge in [-0.05, 0) is 40.0 Å². The maximum Gasteiger partial charge on any atom is 0.410 e. The van der Waals surface area contributed by atoms with E-state index < -0.39 is 5.60 Å². The summed E-state index contributed by atoms with van der Waals surface area (Å²) in [5.74, 6) is 0.00529. The molecule has 1 N–H and O–H groups in total. The van der Waals surface area contributed by atoms with E-state index in [1.54, 1.807) is 4.90 Å². The molecule has 1 aromatic heterocycles. The zero-order valence-corrected chi connectivity index (χ0v) is 14.0. The minimum atomic E-state index is -0.512. The Morgan fingerprint density at radius 3 is 2.48 bits per heavy atom. The minimum absolute atomic E-state index is 0.00529. The molecule has 0 atom stereocenters. The van der Waals surface area contributed by atoms with Gasteiger partial charge in [-0.2, -0.15) is 5.10 Å². The van der Waals surface area contributed by atoms with Gasteiger partial charge in [0.15, 0.2) is 5.69 Å². The van der Waals surface area contributed by atoms with E-state index in [-0.39, 0.29) is 12.0 Å². The zero-order chi connectivity index (χ0) is 16.6. The van der Waals surface area contributed by atoms with Crippen molar-refractivity contribution in [1.82, 2.24) is 20.0 Å². The summed E-state index contributed by atoms with van der Waals surface area (Å²) < 4.78 is 5.41. The second-order valence-electron chi connectivity index (χ2n) is 7.18. The van der Waals surface area contributed by atoms with E-state index in [2.05, 4.69) is 10.2 Å². The Morgan fingerprint density at radius 1 is 1.13 bits per heavy atom. The first-order valence-electron chi connectivity index (χ1n) is 8.18. The molecule has 2 aliphatic rings. The van der Waals surface area contributed by atoms with Crippen LogP contribution >= 0.6 is 0 Å². The number of fused-ring (bicyclic) bond motifs is 1. The molecule has 1 saturated heterocycles. The second-order valence-corrected chi connectivity index (χ2v) is 7.18. The standard InChI is InChI=1S/C16H24N4O3/c1-16(2,3)23-15(22)20-9-6-11-12(10-20)17-18-13(11)14(21)19-7-4-5-8-19/h4-10H2,1-3H3,(H,17,18). The summed E-state index contributed by atoms with van der Waals surface area (Å²) >= 11 is 0. The van der Waals surface area contributed by atoms with E-state index in [9.17, 15) is 9.59 Å². The molecule has 7 nitrogen and oxygen atoms in total. The first-order valence-corrected chi connectivity index (χ1v) is 8.18. The van der Waals surface area contributed by atoms with Gasteiger partial charge in [0.05, 0.1) is 12.2 Å². The highest BCUT2D eigenvalue weighted by Gasteiger charge is 2.31. The highest BCUT2D eigenvalue weighted by Crippen LogP contribution is 2.24. The van der Waals surface area contributed by atoms with Crippen molar-refractivity contribution in [2.75, 3.05) is 19.6 Å². The maximum absolute atomic E-state index is 12.5. The summed E-state index contributed by atoms with van der Waals surface area (Å²) in [7, 11) is 0. The number of nitrogens with zero attached hydrogens (tertiary/aromatic N) is 3. The predicted octanol–water partition coefficient (Wildman–Crippen LogP) is 1.94. The van der Waals surface area contributed by atoms with Crippen molar-refractivity contribution in [3.8, 4) is 0 Å². The third-order valence-corrected chi connectivity index (χ3v) is 4.18. The first kappa shape index (κ1) is 15.8. The van der Waals surface area contributed by atoms with Gasteiger partial charge in [0.2, 0.25) is 0 Å². The minimum Gasteiger partial charge on any atom is -0.444 e. The smallest absolute Gasteiger partial charge is 0.410 e. The number of amides is 2. The summed E-state index contributed by atoms with van der Waals surface area (Å²) in [5.41, 5.74) is 1.79. The van der Waals surface area contributed by atoms with Crippen molar-refractivity contribution in [2.45, 2.75) is 52.2 Å². The Kier molecular flexibility index (Phi) is 4.04. The van der Waals surface area contributed by atoms with Crippen LogP contribution < -0.4 is 0 Å². The van der Waals surface area contributed by atoms with E-state index >= 15 is 0 Å². The molecule has 7 heteroatoms. The lowest BCUT2D eigenvalue weighted by atomic mass is 10.0. The molecule has 1 aromatic rings. The van der Waals surface area contributed by atoms with Gasteiger partial charge in [0.25, 0.3) is 5.91 Å². The number of aromatic nitrogens is 2. The Morgan fingerprint density at radius 2 is 1.83 bits per heavy atom. The molecule has 3 heterocycles. The molecule has 3 rings (SSSR count). The molecule has 1 fully saturated rings. The normalized spacial score (nSPS) is 18.0. The van der Waals surface area contributed by atoms with Gasteiger partial charge in [0.1, 0.15) is 5.60 Å². The molecule has 0 spiro atoms. The Balaban J connectivity index is 1.71. The Bertz CT molecular complexity index is 611. The molecular weight excluding hydrogens is 296 g/mol. The molecule has 0 radical (unpaired) electrons. The van der Waals surface area contributed by atoms with Gasteiger partial charge >= 0.3 is 6.09 Å². The van der Waals surface area contributed by atoms with Crippen LogP contribution in [-0.2, 0) is 17.7 Å². The molecule has 0 aliphatic carbocycles. The molecule has 0 saturated carbocycles. The highest BCUT2D eigenvalue weighted by molar-refractivity contribution is 5.94. The lowest BCUT2D eigenvalue weighted by Gasteiger charge is -2.30. The van der Waals surface area contributed by atoms with Gasteiger partial charge in [-0.15, -0.1) is 0 Å². The number of nitrogens with one attached hydrogen (secondary N) is 1. The molecule has 0 aromatic carbocycles. The fraction of sp³-hybridized carbons (Fsp3) is 0.688. The summed E-state index contributed by atoms with van der Waals surface area (Å²) in [6.45, 7) is 8.12. The number of hydrogen-bond donors (Lipinski definition) is 1. The fourth-order valence-electron chi connectivity index (χ4n) is 3.05. The number of likely N-dealkylation sites (tertiary alicyclic amines) is 1. The van der Waals surface area contributed by atoms with Crippen molar-refractivity contribution >= 4 is 12.0 Å². The van der Waals surface area contributed by atoms with Crippen LogP contribution in [0.5, 0.6) is 0 Å². The molecule has 126 valence electrons. The number of rotatable bonds is 1. The average Bonchev–Trinajstić information content (AvgIpc) is 3.13. The lowest BCUT2D eigenvalue weighted by molar-refractivity contribution is 0.0221. The molecule has 2 aliphatic heterocycles. The van der Waals surface area contributed by atoms with Crippen LogP contribution in [-0.4, -0.2) is 57.2 Å². The largest absolute Gasteiger partial charge is 0.444 e. The number of hydrogen-bond acceptors (Lipinski definition) is 4. The topological polar surface area (TPSA) is 78.5 Å². The van der Waals surface area contributed by atoms with Crippen LogP contribution in [0.15, 0.2) is 0 Å².